The smallest absolute Gasteiger partial charge is 0.159 e. The fraction of sp³-hybridized carbons (Fsp3) is 0.364. The minimum Gasteiger partial charge on any atom is -0.397 e. The van der Waals surface area contributed by atoms with Crippen LogP contribution in [0, 0.1) is 0 Å². The highest BCUT2D eigenvalue weighted by atomic mass is 35.5. The number of aromatic nitrogens is 2. The Labute approximate surface area is 110 Å². The number of nitrogen functional groups attached to an aromatic ring is 1. The number of nitrogens with two attached hydrogens (primary N) is 1. The average molecular weight is 288 g/mol. The summed E-state index contributed by atoms with van der Waals surface area (Å²) in [6.45, 7) is 3.19. The van der Waals surface area contributed by atoms with Gasteiger partial charge in [0.25, 0.3) is 0 Å². The number of hydrogen-bond acceptors (Lipinski definition) is 4. The topological polar surface area (TPSA) is 88.8 Å². The summed E-state index contributed by atoms with van der Waals surface area (Å²) in [6.07, 6.45) is 1.18. The van der Waals surface area contributed by atoms with Crippen LogP contribution in [0.5, 0.6) is 0 Å². The van der Waals surface area contributed by atoms with Crippen molar-refractivity contribution in [2.45, 2.75) is 18.6 Å². The maximum absolute atomic E-state index is 11.8. The van der Waals surface area contributed by atoms with E-state index >= 15 is 0 Å². The van der Waals surface area contributed by atoms with Crippen molar-refractivity contribution in [2.75, 3.05) is 12.0 Å². The average Bonchev–Trinajstić information content (AvgIpc) is 2.59. The van der Waals surface area contributed by atoms with E-state index in [0.717, 1.165) is 0 Å². The van der Waals surface area contributed by atoms with E-state index in [4.69, 9.17) is 17.3 Å². The van der Waals surface area contributed by atoms with Crippen LogP contribution in [0.2, 0.25) is 5.02 Å². The van der Waals surface area contributed by atoms with E-state index in [9.17, 15) is 8.42 Å². The van der Waals surface area contributed by atoms with Crippen LogP contribution in [0.25, 0.3) is 11.0 Å². The zero-order valence-electron chi connectivity index (χ0n) is 10.3. The van der Waals surface area contributed by atoms with Gasteiger partial charge in [-0.15, -0.1) is 0 Å². The summed E-state index contributed by atoms with van der Waals surface area (Å²) in [4.78, 5) is 7.24. The van der Waals surface area contributed by atoms with E-state index in [1.54, 1.807) is 26.0 Å². The van der Waals surface area contributed by atoms with Crippen LogP contribution in [-0.2, 0) is 14.6 Å². The number of aromatic amines is 1. The summed E-state index contributed by atoms with van der Waals surface area (Å²) in [6, 6.07) is 3.25. The van der Waals surface area contributed by atoms with Gasteiger partial charge in [-0.3, -0.25) is 0 Å². The first-order valence-corrected chi connectivity index (χ1v) is 7.54. The van der Waals surface area contributed by atoms with E-state index in [-0.39, 0.29) is 0 Å². The number of fused-ring (bicyclic) bond motifs is 1. The van der Waals surface area contributed by atoms with Crippen LogP contribution in [0.4, 0.5) is 5.69 Å². The first-order chi connectivity index (χ1) is 8.13. The Hall–Kier alpha value is -1.27. The second-order valence-electron chi connectivity index (χ2n) is 4.76. The number of hydrogen-bond donors (Lipinski definition) is 2. The molecule has 0 unspecified atom stereocenters. The molecule has 5 nitrogen and oxygen atoms in total. The highest BCUT2D eigenvalue weighted by Crippen LogP contribution is 2.31. The molecule has 7 heteroatoms. The number of nitrogens with one attached hydrogen (secondary N) is 1. The lowest BCUT2D eigenvalue weighted by atomic mass is 10.2. The van der Waals surface area contributed by atoms with Gasteiger partial charge in [0.05, 0.1) is 11.2 Å². The molecule has 1 aromatic heterocycles. The number of imidazole rings is 1. The highest BCUT2D eigenvalue weighted by molar-refractivity contribution is 7.91. The highest BCUT2D eigenvalue weighted by Gasteiger charge is 2.35. The first-order valence-electron chi connectivity index (χ1n) is 5.28. The predicted octanol–water partition coefficient (Wildman–Crippen LogP) is 2.08. The van der Waals surface area contributed by atoms with Crippen molar-refractivity contribution < 1.29 is 8.42 Å². The Balaban J connectivity index is 2.72. The van der Waals surface area contributed by atoms with Crippen molar-refractivity contribution in [1.82, 2.24) is 9.97 Å². The van der Waals surface area contributed by atoms with Gasteiger partial charge in [-0.25, -0.2) is 13.4 Å². The molecule has 0 radical (unpaired) electrons. The summed E-state index contributed by atoms with van der Waals surface area (Å²) in [5.41, 5.74) is 7.39. The van der Waals surface area contributed by atoms with Gasteiger partial charge in [-0.2, -0.15) is 0 Å². The summed E-state index contributed by atoms with van der Waals surface area (Å²) >= 11 is 5.89. The maximum atomic E-state index is 11.8. The maximum Gasteiger partial charge on any atom is 0.159 e. The molecular formula is C11H14ClN3O2S. The van der Waals surface area contributed by atoms with Gasteiger partial charge in [-0.05, 0) is 26.0 Å². The van der Waals surface area contributed by atoms with Crippen LogP contribution in [0.1, 0.15) is 19.7 Å². The Kier molecular flexibility index (Phi) is 2.82. The minimum atomic E-state index is -3.29. The lowest BCUT2D eigenvalue weighted by molar-refractivity contribution is 0.553. The number of halogens is 1. The van der Waals surface area contributed by atoms with Crippen molar-refractivity contribution in [2.24, 2.45) is 0 Å². The lowest BCUT2D eigenvalue weighted by Gasteiger charge is -2.19. The third kappa shape index (κ3) is 1.95. The normalized spacial score (nSPS) is 13.1. The second kappa shape index (κ2) is 3.86. The summed E-state index contributed by atoms with van der Waals surface area (Å²) in [7, 11) is -3.29. The third-order valence-electron chi connectivity index (χ3n) is 3.08. The molecule has 0 bridgehead atoms. The molecule has 2 aromatic rings. The molecule has 98 valence electrons. The number of rotatable bonds is 2. The van der Waals surface area contributed by atoms with Gasteiger partial charge in [0.2, 0.25) is 0 Å². The van der Waals surface area contributed by atoms with Crippen molar-refractivity contribution >= 4 is 38.2 Å². The van der Waals surface area contributed by atoms with Crippen molar-refractivity contribution in [3.05, 3.63) is 23.0 Å². The van der Waals surface area contributed by atoms with E-state index in [1.807, 2.05) is 0 Å². The van der Waals surface area contributed by atoms with E-state index in [2.05, 4.69) is 9.97 Å². The Morgan fingerprint density at radius 1 is 1.39 bits per heavy atom. The van der Waals surface area contributed by atoms with E-state index in [0.29, 0.717) is 27.6 Å². The minimum absolute atomic E-state index is 0.356. The molecular weight excluding hydrogens is 274 g/mol. The number of nitrogens with zero attached hydrogens (tertiary/aromatic N) is 1. The van der Waals surface area contributed by atoms with Crippen LogP contribution in [0.3, 0.4) is 0 Å². The van der Waals surface area contributed by atoms with Gasteiger partial charge >= 0.3 is 0 Å². The summed E-state index contributed by atoms with van der Waals surface area (Å²) < 4.78 is 22.4. The molecule has 0 saturated heterocycles. The molecule has 0 aliphatic rings. The monoisotopic (exact) mass is 287 g/mol. The second-order valence-corrected chi connectivity index (χ2v) is 7.76. The predicted molar refractivity (Wildman–Crippen MR) is 73.4 cm³/mol. The molecule has 0 aliphatic carbocycles. The Morgan fingerprint density at radius 3 is 2.56 bits per heavy atom. The van der Waals surface area contributed by atoms with Gasteiger partial charge < -0.3 is 10.7 Å². The largest absolute Gasteiger partial charge is 0.397 e. The SMILES string of the molecule is CC(C)(c1nc2c(N)cc(Cl)cc2[nH]1)S(C)(=O)=O. The van der Waals surface area contributed by atoms with Crippen molar-refractivity contribution in [3.8, 4) is 0 Å². The van der Waals surface area contributed by atoms with Gasteiger partial charge in [0.15, 0.2) is 9.84 Å². The van der Waals surface area contributed by atoms with E-state index in [1.165, 1.54) is 6.26 Å². The summed E-state index contributed by atoms with van der Waals surface area (Å²) in [5.74, 6) is 0.356. The number of sulfone groups is 1. The number of benzene rings is 1. The van der Waals surface area contributed by atoms with Crippen LogP contribution >= 0.6 is 11.6 Å². The lowest BCUT2D eigenvalue weighted by Crippen LogP contribution is -2.29. The Bertz CT molecular complexity index is 719. The van der Waals surface area contributed by atoms with Crippen LogP contribution in [-0.4, -0.2) is 24.6 Å². The molecule has 0 atom stereocenters. The molecule has 0 saturated carbocycles. The van der Waals surface area contributed by atoms with Crippen LogP contribution < -0.4 is 5.73 Å². The zero-order valence-corrected chi connectivity index (χ0v) is 11.9. The number of anilines is 1. The molecule has 1 heterocycles. The number of H-pyrrole nitrogens is 1. The molecule has 1 aromatic carbocycles. The summed E-state index contributed by atoms with van der Waals surface area (Å²) in [5, 5.41) is 0.479. The van der Waals surface area contributed by atoms with Crippen molar-refractivity contribution in [3.63, 3.8) is 0 Å². The van der Waals surface area contributed by atoms with Gasteiger partial charge in [0.1, 0.15) is 16.1 Å². The molecule has 0 fully saturated rings. The molecule has 2 rings (SSSR count). The quantitative estimate of drug-likeness (QED) is 0.828. The van der Waals surface area contributed by atoms with Gasteiger partial charge in [0, 0.05) is 11.3 Å². The first kappa shape index (κ1) is 13.2. The van der Waals surface area contributed by atoms with Gasteiger partial charge in [-0.1, -0.05) is 11.6 Å². The van der Waals surface area contributed by atoms with Crippen molar-refractivity contribution in [1.29, 1.82) is 0 Å². The molecule has 18 heavy (non-hydrogen) atoms. The zero-order chi connectivity index (χ0) is 13.7. The molecule has 0 aliphatic heterocycles. The standard InChI is InChI=1S/C11H14ClN3O2S/c1-11(2,18(3,16)17)10-14-8-5-6(12)4-7(13)9(8)15-10/h4-5H,13H2,1-3H3,(H,14,15). The fourth-order valence-corrected chi connectivity index (χ4v) is 2.24. The fourth-order valence-electron chi connectivity index (χ4n) is 1.57. The van der Waals surface area contributed by atoms with E-state index < -0.39 is 14.6 Å². The Morgan fingerprint density at radius 2 is 2.00 bits per heavy atom. The molecule has 0 amide bonds. The molecule has 0 spiro atoms. The third-order valence-corrected chi connectivity index (χ3v) is 5.34. The van der Waals surface area contributed by atoms with Crippen LogP contribution in [0.15, 0.2) is 12.1 Å². The molecule has 3 N–H and O–H groups in total.